The van der Waals surface area contributed by atoms with E-state index in [1.165, 1.54) is 0 Å². The molecule has 118 valence electrons. The van der Waals surface area contributed by atoms with Crippen LogP contribution in [0, 0.1) is 0 Å². The molecule has 1 saturated carbocycles. The topological polar surface area (TPSA) is 89.0 Å². The van der Waals surface area contributed by atoms with E-state index in [9.17, 15) is 9.59 Å². The predicted octanol–water partition coefficient (Wildman–Crippen LogP) is 0.904. The molecule has 0 aromatic carbocycles. The highest BCUT2D eigenvalue weighted by molar-refractivity contribution is 6.05. The molecular formula is C15H20N4O3. The van der Waals surface area contributed by atoms with Gasteiger partial charge in [0.05, 0.1) is 17.6 Å². The van der Waals surface area contributed by atoms with Crippen LogP contribution in [0.4, 0.5) is 0 Å². The number of carbonyl (C=O) groups excluding carboxylic acids is 1. The van der Waals surface area contributed by atoms with Gasteiger partial charge in [-0.1, -0.05) is 0 Å². The van der Waals surface area contributed by atoms with Crippen LogP contribution in [-0.4, -0.2) is 40.4 Å². The van der Waals surface area contributed by atoms with Gasteiger partial charge in [0.1, 0.15) is 0 Å². The highest BCUT2D eigenvalue weighted by Crippen LogP contribution is 2.39. The standard InChI is InChI=1S/C15H20N4O3/c1-8(7-22-3)16-14(20)10-6-11(9-4-5-9)17-13-12(10)15(21)18-19(13)2/h6,8-9H,4-5,7H2,1-3H3,(H,16,20)(H,18,21). The van der Waals surface area contributed by atoms with Crippen molar-refractivity contribution in [3.8, 4) is 0 Å². The Balaban J connectivity index is 2.06. The lowest BCUT2D eigenvalue weighted by molar-refractivity contribution is 0.0907. The minimum Gasteiger partial charge on any atom is -0.383 e. The zero-order chi connectivity index (χ0) is 15.9. The number of amides is 1. The number of methoxy groups -OCH3 is 1. The number of fused-ring (bicyclic) bond motifs is 1. The molecule has 2 aromatic heterocycles. The highest BCUT2D eigenvalue weighted by atomic mass is 16.5. The minimum atomic E-state index is -0.295. The first kappa shape index (κ1) is 14.8. The summed E-state index contributed by atoms with van der Waals surface area (Å²) in [6, 6.07) is 1.62. The van der Waals surface area contributed by atoms with Crippen LogP contribution in [0.15, 0.2) is 10.9 Å². The number of rotatable bonds is 5. The number of aromatic amines is 1. The molecule has 7 nitrogen and oxygen atoms in total. The Bertz CT molecular complexity index is 773. The molecule has 2 aromatic rings. The molecule has 1 unspecified atom stereocenters. The van der Waals surface area contributed by atoms with Crippen LogP contribution in [0.25, 0.3) is 11.0 Å². The summed E-state index contributed by atoms with van der Waals surface area (Å²) in [7, 11) is 3.31. The second kappa shape index (κ2) is 5.57. The molecule has 0 radical (unpaired) electrons. The maximum absolute atomic E-state index is 12.5. The van der Waals surface area contributed by atoms with Crippen LogP contribution < -0.4 is 10.9 Å². The summed E-state index contributed by atoms with van der Waals surface area (Å²) in [5.41, 5.74) is 1.50. The summed E-state index contributed by atoms with van der Waals surface area (Å²) in [5.74, 6) is 0.132. The summed E-state index contributed by atoms with van der Waals surface area (Å²) < 4.78 is 6.60. The first-order valence-corrected chi connectivity index (χ1v) is 7.40. The lowest BCUT2D eigenvalue weighted by Crippen LogP contribution is -2.36. The maximum atomic E-state index is 12.5. The minimum absolute atomic E-state index is 0.132. The zero-order valence-electron chi connectivity index (χ0n) is 13.0. The second-order valence-corrected chi connectivity index (χ2v) is 5.90. The van der Waals surface area contributed by atoms with Gasteiger partial charge in [-0.2, -0.15) is 0 Å². The number of nitrogens with zero attached hydrogens (tertiary/aromatic N) is 2. The van der Waals surface area contributed by atoms with Crippen molar-refractivity contribution in [3.05, 3.63) is 27.7 Å². The third-order valence-corrected chi connectivity index (χ3v) is 3.87. The fourth-order valence-corrected chi connectivity index (χ4v) is 2.64. The maximum Gasteiger partial charge on any atom is 0.274 e. The van der Waals surface area contributed by atoms with Crippen molar-refractivity contribution in [2.24, 2.45) is 7.05 Å². The molecule has 0 aliphatic heterocycles. The van der Waals surface area contributed by atoms with Gasteiger partial charge >= 0.3 is 0 Å². The summed E-state index contributed by atoms with van der Waals surface area (Å²) in [5, 5.41) is 5.87. The average molecular weight is 304 g/mol. The van der Waals surface area contributed by atoms with Crippen molar-refractivity contribution >= 4 is 16.9 Å². The SMILES string of the molecule is COCC(C)NC(=O)c1cc(C2CC2)nc2c1c(=O)[nH]n2C. The number of carbonyl (C=O) groups is 1. The molecule has 1 atom stereocenters. The van der Waals surface area contributed by atoms with Crippen molar-refractivity contribution < 1.29 is 9.53 Å². The quantitative estimate of drug-likeness (QED) is 0.859. The molecule has 2 N–H and O–H groups in total. The molecule has 1 aliphatic carbocycles. The molecule has 0 saturated heterocycles. The number of pyridine rings is 1. The van der Waals surface area contributed by atoms with Crippen LogP contribution in [0.5, 0.6) is 0 Å². The molecule has 22 heavy (non-hydrogen) atoms. The normalized spacial score (nSPS) is 16.0. The molecule has 0 bridgehead atoms. The third kappa shape index (κ3) is 2.64. The van der Waals surface area contributed by atoms with E-state index in [0.29, 0.717) is 29.1 Å². The van der Waals surface area contributed by atoms with Crippen LogP contribution in [0.3, 0.4) is 0 Å². The summed E-state index contributed by atoms with van der Waals surface area (Å²) >= 11 is 0. The van der Waals surface area contributed by atoms with E-state index in [1.807, 2.05) is 6.92 Å². The smallest absolute Gasteiger partial charge is 0.274 e. The zero-order valence-corrected chi connectivity index (χ0v) is 13.0. The predicted molar refractivity (Wildman–Crippen MR) is 82.1 cm³/mol. The number of hydrogen-bond acceptors (Lipinski definition) is 4. The van der Waals surface area contributed by atoms with Gasteiger partial charge in [-0.15, -0.1) is 0 Å². The number of ether oxygens (including phenoxy) is 1. The lowest BCUT2D eigenvalue weighted by Gasteiger charge is -2.13. The molecule has 0 spiro atoms. The van der Waals surface area contributed by atoms with E-state index in [2.05, 4.69) is 15.4 Å². The van der Waals surface area contributed by atoms with Crippen LogP contribution in [0.2, 0.25) is 0 Å². The molecular weight excluding hydrogens is 284 g/mol. The number of hydrogen-bond donors (Lipinski definition) is 2. The van der Waals surface area contributed by atoms with Crippen molar-refractivity contribution in [3.63, 3.8) is 0 Å². The Labute approximate surface area is 127 Å². The number of aromatic nitrogens is 3. The fourth-order valence-electron chi connectivity index (χ4n) is 2.64. The van der Waals surface area contributed by atoms with Crippen molar-refractivity contribution in [2.75, 3.05) is 13.7 Å². The van der Waals surface area contributed by atoms with Crippen molar-refractivity contribution in [1.29, 1.82) is 0 Å². The molecule has 7 heteroatoms. The van der Waals surface area contributed by atoms with Gasteiger partial charge in [0.25, 0.3) is 11.5 Å². The van der Waals surface area contributed by atoms with E-state index in [-0.39, 0.29) is 17.5 Å². The largest absolute Gasteiger partial charge is 0.383 e. The van der Waals surface area contributed by atoms with Gasteiger partial charge in [0.15, 0.2) is 5.65 Å². The number of aryl methyl sites for hydroxylation is 1. The summed E-state index contributed by atoms with van der Waals surface area (Å²) in [6.07, 6.45) is 2.16. The second-order valence-electron chi connectivity index (χ2n) is 5.90. The Hall–Kier alpha value is -2.15. The molecule has 1 aliphatic rings. The van der Waals surface area contributed by atoms with E-state index >= 15 is 0 Å². The molecule has 3 rings (SSSR count). The van der Waals surface area contributed by atoms with Gasteiger partial charge in [-0.25, -0.2) is 4.98 Å². The highest BCUT2D eigenvalue weighted by Gasteiger charge is 2.28. The molecule has 1 fully saturated rings. The first-order valence-electron chi connectivity index (χ1n) is 7.40. The van der Waals surface area contributed by atoms with E-state index in [0.717, 1.165) is 18.5 Å². The number of H-pyrrole nitrogens is 1. The number of nitrogens with one attached hydrogen (secondary N) is 2. The Morgan fingerprint density at radius 2 is 2.32 bits per heavy atom. The molecule has 1 amide bonds. The Kier molecular flexibility index (Phi) is 3.74. The summed E-state index contributed by atoms with van der Waals surface area (Å²) in [4.78, 5) is 29.2. The first-order chi connectivity index (χ1) is 10.5. The third-order valence-electron chi connectivity index (χ3n) is 3.87. The van der Waals surface area contributed by atoms with Crippen LogP contribution in [0.1, 0.15) is 41.7 Å². The van der Waals surface area contributed by atoms with E-state index in [4.69, 9.17) is 4.74 Å². The van der Waals surface area contributed by atoms with Gasteiger partial charge in [0, 0.05) is 31.8 Å². The van der Waals surface area contributed by atoms with E-state index in [1.54, 1.807) is 24.9 Å². The fraction of sp³-hybridized carbons (Fsp3) is 0.533. The lowest BCUT2D eigenvalue weighted by atomic mass is 10.1. The van der Waals surface area contributed by atoms with Gasteiger partial charge < -0.3 is 10.1 Å². The Morgan fingerprint density at radius 1 is 1.59 bits per heavy atom. The molecule has 2 heterocycles. The van der Waals surface area contributed by atoms with Crippen LogP contribution >= 0.6 is 0 Å². The van der Waals surface area contributed by atoms with Gasteiger partial charge in [-0.3, -0.25) is 19.4 Å². The van der Waals surface area contributed by atoms with E-state index < -0.39 is 0 Å². The average Bonchev–Trinajstić information content (AvgIpc) is 3.26. The van der Waals surface area contributed by atoms with Crippen molar-refractivity contribution in [1.82, 2.24) is 20.1 Å². The van der Waals surface area contributed by atoms with Crippen LogP contribution in [-0.2, 0) is 11.8 Å². The van der Waals surface area contributed by atoms with Crippen molar-refractivity contribution in [2.45, 2.75) is 31.7 Å². The van der Waals surface area contributed by atoms with Gasteiger partial charge in [-0.05, 0) is 25.8 Å². The monoisotopic (exact) mass is 304 g/mol. The van der Waals surface area contributed by atoms with Gasteiger partial charge in [0.2, 0.25) is 0 Å². The summed E-state index contributed by atoms with van der Waals surface area (Å²) in [6.45, 7) is 2.28. The Morgan fingerprint density at radius 3 is 2.95 bits per heavy atom.